The van der Waals surface area contributed by atoms with E-state index in [4.69, 9.17) is 4.98 Å². The van der Waals surface area contributed by atoms with Gasteiger partial charge >= 0.3 is 6.09 Å². The first-order chi connectivity index (χ1) is 18.5. The normalized spacial score (nSPS) is 20.0. The van der Waals surface area contributed by atoms with E-state index in [0.29, 0.717) is 25.3 Å². The summed E-state index contributed by atoms with van der Waals surface area (Å²) in [5.41, 5.74) is 2.49. The standard InChI is InChI=1S/C31H42N4O4/c1-21(2)18-34(24-17-23(20-36)27(31(3,4)5)35(19-24)30(38)39)29(37)28-32-25-13-9-10-14-26(25)33(28)16-15-22-11-7-6-8-12-22/h6-14,21,23-24,27,36H,15-20H2,1-5H3,(H,38,39)/t23-,24-,27?/m0/s1. The molecule has 0 spiro atoms. The number of amides is 2. The number of nitrogens with zero attached hydrogens (tertiary/aromatic N) is 4. The SMILES string of the molecule is CC(C)CN(C(=O)c1nc2ccccc2n1CCc1ccccc1)[C@H]1C[C@@H](CO)C(C(C)(C)C)N(C(=O)O)C1. The molecule has 8 heteroatoms. The lowest BCUT2D eigenvalue weighted by atomic mass is 9.73. The van der Waals surface area contributed by atoms with Crippen molar-refractivity contribution in [2.75, 3.05) is 19.7 Å². The predicted octanol–water partition coefficient (Wildman–Crippen LogP) is 5.15. The molecule has 0 radical (unpaired) electrons. The van der Waals surface area contributed by atoms with Crippen molar-refractivity contribution >= 4 is 23.0 Å². The van der Waals surface area contributed by atoms with E-state index in [1.807, 2.05) is 72.7 Å². The van der Waals surface area contributed by atoms with E-state index in [9.17, 15) is 19.8 Å². The summed E-state index contributed by atoms with van der Waals surface area (Å²) in [6, 6.07) is 17.2. The maximum Gasteiger partial charge on any atom is 0.407 e. The number of aliphatic hydroxyl groups excluding tert-OH is 1. The van der Waals surface area contributed by atoms with Gasteiger partial charge in [-0.05, 0) is 41.9 Å². The molecule has 2 aromatic carbocycles. The molecule has 39 heavy (non-hydrogen) atoms. The van der Waals surface area contributed by atoms with E-state index in [0.717, 1.165) is 17.5 Å². The number of imidazole rings is 1. The van der Waals surface area contributed by atoms with Crippen molar-refractivity contribution in [3.63, 3.8) is 0 Å². The zero-order valence-electron chi connectivity index (χ0n) is 23.7. The van der Waals surface area contributed by atoms with Crippen LogP contribution in [-0.4, -0.2) is 73.3 Å². The number of likely N-dealkylation sites (tertiary alicyclic amines) is 1. The Hall–Kier alpha value is -3.39. The van der Waals surface area contributed by atoms with Gasteiger partial charge in [0.15, 0.2) is 5.82 Å². The van der Waals surface area contributed by atoms with Crippen LogP contribution in [0.3, 0.4) is 0 Å². The Bertz CT molecular complexity index is 1280. The van der Waals surface area contributed by atoms with Gasteiger partial charge < -0.3 is 24.6 Å². The minimum absolute atomic E-state index is 0.137. The van der Waals surface area contributed by atoms with Gasteiger partial charge in [0, 0.05) is 38.2 Å². The largest absolute Gasteiger partial charge is 0.465 e. The molecule has 4 rings (SSSR count). The van der Waals surface area contributed by atoms with Crippen LogP contribution in [0.15, 0.2) is 54.6 Å². The van der Waals surface area contributed by atoms with E-state index < -0.39 is 6.09 Å². The summed E-state index contributed by atoms with van der Waals surface area (Å²) in [6.07, 6.45) is 0.261. The molecule has 2 amide bonds. The molecule has 1 aliphatic heterocycles. The van der Waals surface area contributed by atoms with Crippen molar-refractivity contribution < 1.29 is 19.8 Å². The lowest BCUT2D eigenvalue weighted by Gasteiger charge is -2.51. The number of fused-ring (bicyclic) bond motifs is 1. The Morgan fingerprint density at radius 1 is 1.08 bits per heavy atom. The Morgan fingerprint density at radius 2 is 1.74 bits per heavy atom. The zero-order valence-corrected chi connectivity index (χ0v) is 23.7. The van der Waals surface area contributed by atoms with Gasteiger partial charge in [0.2, 0.25) is 0 Å². The highest BCUT2D eigenvalue weighted by Gasteiger charge is 2.46. The Morgan fingerprint density at radius 3 is 2.36 bits per heavy atom. The predicted molar refractivity (Wildman–Crippen MR) is 153 cm³/mol. The lowest BCUT2D eigenvalue weighted by molar-refractivity contribution is -0.0305. The molecule has 3 aromatic rings. The summed E-state index contributed by atoms with van der Waals surface area (Å²) >= 11 is 0. The van der Waals surface area contributed by atoms with Crippen molar-refractivity contribution in [3.8, 4) is 0 Å². The number of hydrogen-bond donors (Lipinski definition) is 2. The number of carbonyl (C=O) groups excluding carboxylic acids is 1. The third-order valence-electron chi connectivity index (χ3n) is 7.71. The highest BCUT2D eigenvalue weighted by atomic mass is 16.4. The summed E-state index contributed by atoms with van der Waals surface area (Å²) in [7, 11) is 0. The average Bonchev–Trinajstić information content (AvgIpc) is 3.27. The second-order valence-corrected chi connectivity index (χ2v) is 12.2. The number of carboxylic acid groups (broad SMARTS) is 1. The summed E-state index contributed by atoms with van der Waals surface area (Å²) in [5, 5.41) is 20.5. The molecule has 1 unspecified atom stereocenters. The van der Waals surface area contributed by atoms with Crippen LogP contribution in [0.2, 0.25) is 0 Å². The monoisotopic (exact) mass is 534 g/mol. The number of aliphatic hydroxyl groups is 1. The van der Waals surface area contributed by atoms with Gasteiger partial charge in [-0.1, -0.05) is 77.1 Å². The van der Waals surface area contributed by atoms with Crippen molar-refractivity contribution in [1.29, 1.82) is 0 Å². The smallest absolute Gasteiger partial charge is 0.407 e. The molecule has 1 saturated heterocycles. The van der Waals surface area contributed by atoms with Gasteiger partial charge in [0.05, 0.1) is 17.1 Å². The first-order valence-corrected chi connectivity index (χ1v) is 13.9. The fraction of sp³-hybridized carbons (Fsp3) is 0.516. The summed E-state index contributed by atoms with van der Waals surface area (Å²) in [5.74, 6) is 0.0591. The van der Waals surface area contributed by atoms with Crippen molar-refractivity contribution in [1.82, 2.24) is 19.4 Å². The van der Waals surface area contributed by atoms with Crippen molar-refractivity contribution in [2.24, 2.45) is 17.3 Å². The van der Waals surface area contributed by atoms with Crippen LogP contribution >= 0.6 is 0 Å². The van der Waals surface area contributed by atoms with Gasteiger partial charge in [-0.15, -0.1) is 0 Å². The Labute approximate surface area is 231 Å². The third kappa shape index (κ3) is 6.27. The molecule has 1 aromatic heterocycles. The van der Waals surface area contributed by atoms with Gasteiger partial charge in [-0.25, -0.2) is 9.78 Å². The van der Waals surface area contributed by atoms with Crippen molar-refractivity contribution in [3.05, 3.63) is 66.0 Å². The first-order valence-electron chi connectivity index (χ1n) is 13.9. The number of para-hydroxylation sites is 2. The van der Waals surface area contributed by atoms with Crippen LogP contribution in [0, 0.1) is 17.3 Å². The number of aryl methyl sites for hydroxylation is 2. The average molecular weight is 535 g/mol. The van der Waals surface area contributed by atoms with Crippen LogP contribution < -0.4 is 0 Å². The van der Waals surface area contributed by atoms with Crippen LogP contribution in [0.1, 0.15) is 57.2 Å². The second kappa shape index (κ2) is 11.8. The highest BCUT2D eigenvalue weighted by Crippen LogP contribution is 2.38. The molecule has 0 bridgehead atoms. The van der Waals surface area contributed by atoms with Gasteiger partial charge in [-0.2, -0.15) is 0 Å². The number of piperidine rings is 1. The molecule has 3 atom stereocenters. The van der Waals surface area contributed by atoms with E-state index in [1.165, 1.54) is 10.5 Å². The number of benzene rings is 2. The minimum atomic E-state index is -1.02. The Kier molecular flexibility index (Phi) is 8.64. The van der Waals surface area contributed by atoms with E-state index in [2.05, 4.69) is 26.0 Å². The molecule has 2 N–H and O–H groups in total. The topological polar surface area (TPSA) is 98.9 Å². The molecular weight excluding hydrogens is 492 g/mol. The second-order valence-electron chi connectivity index (χ2n) is 12.2. The third-order valence-corrected chi connectivity index (χ3v) is 7.71. The lowest BCUT2D eigenvalue weighted by Crippen LogP contribution is -2.62. The summed E-state index contributed by atoms with van der Waals surface area (Å²) in [6.45, 7) is 11.2. The van der Waals surface area contributed by atoms with Gasteiger partial charge in [0.1, 0.15) is 0 Å². The van der Waals surface area contributed by atoms with E-state index in [1.54, 1.807) is 0 Å². The van der Waals surface area contributed by atoms with Gasteiger partial charge in [0.25, 0.3) is 5.91 Å². The molecular formula is C31H42N4O4. The zero-order chi connectivity index (χ0) is 28.3. The maximum atomic E-state index is 14.3. The first kappa shape index (κ1) is 28.6. The van der Waals surface area contributed by atoms with Crippen LogP contribution in [-0.2, 0) is 13.0 Å². The molecule has 1 aliphatic rings. The summed E-state index contributed by atoms with van der Waals surface area (Å²) < 4.78 is 2.00. The van der Waals surface area contributed by atoms with E-state index >= 15 is 0 Å². The number of rotatable bonds is 8. The maximum absolute atomic E-state index is 14.3. The minimum Gasteiger partial charge on any atom is -0.465 e. The molecule has 210 valence electrons. The molecule has 8 nitrogen and oxygen atoms in total. The molecule has 0 saturated carbocycles. The van der Waals surface area contributed by atoms with Crippen LogP contribution in [0.4, 0.5) is 4.79 Å². The van der Waals surface area contributed by atoms with E-state index in [-0.39, 0.29) is 48.4 Å². The highest BCUT2D eigenvalue weighted by molar-refractivity contribution is 5.95. The summed E-state index contributed by atoms with van der Waals surface area (Å²) in [4.78, 5) is 34.8. The van der Waals surface area contributed by atoms with Gasteiger partial charge in [-0.3, -0.25) is 4.79 Å². The Balaban J connectivity index is 1.72. The molecule has 2 heterocycles. The van der Waals surface area contributed by atoms with Crippen LogP contribution in [0.5, 0.6) is 0 Å². The number of aromatic nitrogens is 2. The fourth-order valence-electron chi connectivity index (χ4n) is 6.19. The fourth-order valence-corrected chi connectivity index (χ4v) is 6.19. The molecule has 0 aliphatic carbocycles. The molecule has 1 fully saturated rings. The van der Waals surface area contributed by atoms with Crippen molar-refractivity contribution in [2.45, 2.75) is 66.1 Å². The number of carbonyl (C=O) groups is 2. The quantitative estimate of drug-likeness (QED) is 0.416. The number of hydrogen-bond acceptors (Lipinski definition) is 4. The van der Waals surface area contributed by atoms with Crippen LogP contribution in [0.25, 0.3) is 11.0 Å².